The molecule has 0 fully saturated rings. The zero-order valence-corrected chi connectivity index (χ0v) is 12.0. The van der Waals surface area contributed by atoms with Crippen LogP contribution in [-0.4, -0.2) is 14.7 Å². The van der Waals surface area contributed by atoms with E-state index in [1.807, 2.05) is 16.8 Å². The molecule has 2 heterocycles. The Labute approximate surface area is 126 Å². The molecule has 0 spiro atoms. The standard InChI is InChI=1S/C16H13FN2OS/c1-11-8-13(17)5-3-7-19-10-15(18-16(19)21-11)12-4-2-6-14(20)9-12/h2-6,8-10,20H,1,7H2/b5-3-,13-8+. The van der Waals surface area contributed by atoms with Crippen LogP contribution in [0.3, 0.4) is 0 Å². The van der Waals surface area contributed by atoms with Crippen molar-refractivity contribution in [2.75, 3.05) is 0 Å². The Kier molecular flexibility index (Phi) is 3.66. The maximum atomic E-state index is 13.4. The summed E-state index contributed by atoms with van der Waals surface area (Å²) in [6.45, 7) is 4.35. The summed E-state index contributed by atoms with van der Waals surface area (Å²) < 4.78 is 15.3. The Morgan fingerprint density at radius 2 is 2.24 bits per heavy atom. The number of fused-ring (bicyclic) bond motifs is 1. The van der Waals surface area contributed by atoms with E-state index in [0.29, 0.717) is 11.4 Å². The number of allylic oxidation sites excluding steroid dienone is 4. The number of aromatic hydroxyl groups is 1. The Bertz CT molecular complexity index is 761. The van der Waals surface area contributed by atoms with E-state index < -0.39 is 0 Å². The van der Waals surface area contributed by atoms with Gasteiger partial charge in [-0.3, -0.25) is 0 Å². The van der Waals surface area contributed by atoms with E-state index in [1.54, 1.807) is 24.3 Å². The monoisotopic (exact) mass is 300 g/mol. The molecule has 2 aromatic rings. The SMILES string of the molecule is C=C1/C=C(F)\C=C/Cn2cc(-c3cccc(O)c3)nc2S1. The average molecular weight is 300 g/mol. The van der Waals surface area contributed by atoms with Crippen molar-refractivity contribution < 1.29 is 9.50 Å². The number of hydrogen-bond donors (Lipinski definition) is 1. The Morgan fingerprint density at radius 1 is 1.38 bits per heavy atom. The third kappa shape index (κ3) is 3.08. The fourth-order valence-corrected chi connectivity index (χ4v) is 2.84. The molecule has 3 nitrogen and oxygen atoms in total. The van der Waals surface area contributed by atoms with Gasteiger partial charge >= 0.3 is 0 Å². The van der Waals surface area contributed by atoms with Crippen molar-refractivity contribution in [2.24, 2.45) is 0 Å². The molecule has 0 saturated carbocycles. The molecule has 3 rings (SSSR count). The van der Waals surface area contributed by atoms with Gasteiger partial charge in [0.05, 0.1) is 5.69 Å². The smallest absolute Gasteiger partial charge is 0.173 e. The van der Waals surface area contributed by atoms with Gasteiger partial charge in [-0.2, -0.15) is 0 Å². The molecule has 1 aliphatic heterocycles. The van der Waals surface area contributed by atoms with Gasteiger partial charge in [-0.05, 0) is 24.3 Å². The molecule has 0 bridgehead atoms. The van der Waals surface area contributed by atoms with Gasteiger partial charge < -0.3 is 9.67 Å². The number of imidazole rings is 1. The summed E-state index contributed by atoms with van der Waals surface area (Å²) in [5, 5.41) is 10.3. The molecular weight excluding hydrogens is 287 g/mol. The third-order valence-corrected chi connectivity index (χ3v) is 3.87. The first-order valence-corrected chi connectivity index (χ1v) is 7.20. The number of nitrogens with zero attached hydrogens (tertiary/aromatic N) is 2. The summed E-state index contributed by atoms with van der Waals surface area (Å²) in [7, 11) is 0. The highest BCUT2D eigenvalue weighted by Gasteiger charge is 2.12. The van der Waals surface area contributed by atoms with Crippen LogP contribution in [0.15, 0.2) is 71.2 Å². The average Bonchev–Trinajstić information content (AvgIpc) is 2.82. The van der Waals surface area contributed by atoms with Crippen LogP contribution in [0.4, 0.5) is 4.39 Å². The van der Waals surface area contributed by atoms with Gasteiger partial charge in [0, 0.05) is 23.2 Å². The molecule has 21 heavy (non-hydrogen) atoms. The Morgan fingerprint density at radius 3 is 3.05 bits per heavy atom. The highest BCUT2D eigenvalue weighted by molar-refractivity contribution is 8.03. The molecule has 0 amide bonds. The highest BCUT2D eigenvalue weighted by atomic mass is 32.2. The van der Waals surface area contributed by atoms with Crippen LogP contribution < -0.4 is 0 Å². The van der Waals surface area contributed by atoms with Crippen molar-refractivity contribution in [1.82, 2.24) is 9.55 Å². The molecule has 5 heteroatoms. The summed E-state index contributed by atoms with van der Waals surface area (Å²) >= 11 is 1.32. The van der Waals surface area contributed by atoms with Crippen LogP contribution in [0, 0.1) is 0 Å². The van der Waals surface area contributed by atoms with Gasteiger partial charge in [-0.25, -0.2) is 9.37 Å². The van der Waals surface area contributed by atoms with Crippen LogP contribution >= 0.6 is 11.8 Å². The summed E-state index contributed by atoms with van der Waals surface area (Å²) in [5.74, 6) is -0.113. The van der Waals surface area contributed by atoms with E-state index >= 15 is 0 Å². The van der Waals surface area contributed by atoms with E-state index in [1.165, 1.54) is 23.9 Å². The number of hydrogen-bond acceptors (Lipinski definition) is 3. The van der Waals surface area contributed by atoms with E-state index in [4.69, 9.17) is 0 Å². The minimum atomic E-state index is -0.313. The maximum Gasteiger partial charge on any atom is 0.173 e. The topological polar surface area (TPSA) is 38.0 Å². The predicted molar refractivity (Wildman–Crippen MR) is 82.7 cm³/mol. The van der Waals surface area contributed by atoms with E-state index in [0.717, 1.165) is 16.4 Å². The molecule has 1 aromatic carbocycles. The van der Waals surface area contributed by atoms with Gasteiger partial charge in [0.15, 0.2) is 5.16 Å². The van der Waals surface area contributed by atoms with Crippen LogP contribution in [0.5, 0.6) is 5.75 Å². The lowest BCUT2D eigenvalue weighted by atomic mass is 10.1. The Hall–Kier alpha value is -2.27. The quantitative estimate of drug-likeness (QED) is 0.854. The van der Waals surface area contributed by atoms with Crippen LogP contribution in [-0.2, 0) is 6.54 Å². The van der Waals surface area contributed by atoms with E-state index in [-0.39, 0.29) is 11.6 Å². The van der Waals surface area contributed by atoms with Gasteiger partial charge in [-0.1, -0.05) is 36.5 Å². The molecule has 0 saturated heterocycles. The minimum absolute atomic E-state index is 0.201. The molecule has 0 radical (unpaired) electrons. The van der Waals surface area contributed by atoms with Gasteiger partial charge in [-0.15, -0.1) is 0 Å². The second-order valence-electron chi connectivity index (χ2n) is 4.61. The Balaban J connectivity index is 2.00. The van der Waals surface area contributed by atoms with Crippen molar-refractivity contribution in [3.8, 4) is 17.0 Å². The predicted octanol–water partition coefficient (Wildman–Crippen LogP) is 4.28. The third-order valence-electron chi connectivity index (χ3n) is 2.98. The minimum Gasteiger partial charge on any atom is -0.508 e. The molecule has 1 aromatic heterocycles. The summed E-state index contributed by atoms with van der Waals surface area (Å²) in [4.78, 5) is 5.14. The lowest BCUT2D eigenvalue weighted by Crippen LogP contribution is -1.94. The first kappa shape index (κ1) is 13.7. The molecule has 1 N–H and O–H groups in total. The normalized spacial score (nSPS) is 18.9. The zero-order chi connectivity index (χ0) is 14.8. The van der Waals surface area contributed by atoms with Gasteiger partial charge in [0.2, 0.25) is 0 Å². The van der Waals surface area contributed by atoms with Crippen molar-refractivity contribution in [2.45, 2.75) is 11.7 Å². The van der Waals surface area contributed by atoms with Crippen LogP contribution in [0.1, 0.15) is 0 Å². The summed E-state index contributed by atoms with van der Waals surface area (Å²) in [5.41, 5.74) is 1.60. The second kappa shape index (κ2) is 5.61. The number of aromatic nitrogens is 2. The maximum absolute atomic E-state index is 13.4. The fraction of sp³-hybridized carbons (Fsp3) is 0.0625. The number of benzene rings is 1. The number of phenols is 1. The first-order chi connectivity index (χ1) is 10.1. The number of rotatable bonds is 1. The molecule has 0 unspecified atom stereocenters. The molecular formula is C16H13FN2OS. The molecule has 1 aliphatic rings. The summed E-state index contributed by atoms with van der Waals surface area (Å²) in [6.07, 6.45) is 6.44. The van der Waals surface area contributed by atoms with Crippen LogP contribution in [0.2, 0.25) is 0 Å². The lowest BCUT2D eigenvalue weighted by Gasteiger charge is -2.02. The number of halogens is 1. The van der Waals surface area contributed by atoms with Crippen LogP contribution in [0.25, 0.3) is 11.3 Å². The van der Waals surface area contributed by atoms with E-state index in [9.17, 15) is 9.50 Å². The van der Waals surface area contributed by atoms with Crippen molar-refractivity contribution >= 4 is 11.8 Å². The first-order valence-electron chi connectivity index (χ1n) is 6.39. The molecule has 106 valence electrons. The second-order valence-corrected chi connectivity index (χ2v) is 5.71. The highest BCUT2D eigenvalue weighted by Crippen LogP contribution is 2.31. The van der Waals surface area contributed by atoms with Crippen molar-refractivity contribution in [3.05, 3.63) is 66.0 Å². The largest absolute Gasteiger partial charge is 0.508 e. The summed E-state index contributed by atoms with van der Waals surface area (Å²) in [6, 6.07) is 6.94. The lowest BCUT2D eigenvalue weighted by molar-refractivity contribution is 0.475. The molecule has 0 aliphatic carbocycles. The fourth-order valence-electron chi connectivity index (χ4n) is 2.04. The van der Waals surface area contributed by atoms with Crippen molar-refractivity contribution in [1.29, 1.82) is 0 Å². The van der Waals surface area contributed by atoms with Gasteiger partial charge in [0.25, 0.3) is 0 Å². The molecule has 0 atom stereocenters. The zero-order valence-electron chi connectivity index (χ0n) is 11.2. The van der Waals surface area contributed by atoms with Crippen molar-refractivity contribution in [3.63, 3.8) is 0 Å². The number of phenolic OH excluding ortho intramolecular Hbond substituents is 1. The van der Waals surface area contributed by atoms with Gasteiger partial charge in [0.1, 0.15) is 11.6 Å². The number of thioether (sulfide) groups is 1. The van der Waals surface area contributed by atoms with E-state index in [2.05, 4.69) is 11.6 Å².